The molecule has 0 spiro atoms. The van der Waals surface area contributed by atoms with Gasteiger partial charge < -0.3 is 9.84 Å². The van der Waals surface area contributed by atoms with E-state index in [4.69, 9.17) is 33.0 Å². The highest BCUT2D eigenvalue weighted by Gasteiger charge is 2.37. The fraction of sp³-hybridized carbons (Fsp3) is 0.0400. The molecule has 0 unspecified atom stereocenters. The number of benzene rings is 3. The molecule has 188 valence electrons. The highest BCUT2D eigenvalue weighted by atomic mass is 79.9. The highest BCUT2D eigenvalue weighted by Crippen LogP contribution is 2.36. The summed E-state index contributed by atoms with van der Waals surface area (Å²) < 4.78 is 6.92. The van der Waals surface area contributed by atoms with Crippen LogP contribution in [0.5, 0.6) is 5.75 Å². The largest absolute Gasteiger partial charge is 0.487 e. The van der Waals surface area contributed by atoms with Crippen LogP contribution in [-0.2, 0) is 16.2 Å². The second-order valence-corrected chi connectivity index (χ2v) is 10.2. The molecule has 3 aromatic rings. The van der Waals surface area contributed by atoms with E-state index in [1.807, 2.05) is 0 Å². The number of aromatic carboxylic acids is 1. The fourth-order valence-corrected chi connectivity index (χ4v) is 5.13. The first kappa shape index (κ1) is 26.9. The van der Waals surface area contributed by atoms with E-state index in [0.717, 1.165) is 10.5 Å². The predicted octanol–water partition coefficient (Wildman–Crippen LogP) is 6.46. The average molecular weight is 669 g/mol. The van der Waals surface area contributed by atoms with Crippen LogP contribution < -0.4 is 15.0 Å². The molecule has 1 aliphatic heterocycles. The lowest BCUT2D eigenvalue weighted by atomic mass is 10.1. The van der Waals surface area contributed by atoms with Crippen LogP contribution in [0.25, 0.3) is 6.08 Å². The Labute approximate surface area is 237 Å². The lowest BCUT2D eigenvalue weighted by Gasteiger charge is -2.26. The number of amides is 4. The maximum absolute atomic E-state index is 13.1. The molecule has 4 amide bonds. The van der Waals surface area contributed by atoms with Crippen molar-refractivity contribution in [1.29, 1.82) is 0 Å². The number of urea groups is 1. The quantitative estimate of drug-likeness (QED) is 0.230. The zero-order valence-electron chi connectivity index (χ0n) is 18.4. The van der Waals surface area contributed by atoms with Gasteiger partial charge >= 0.3 is 12.0 Å². The Hall–Kier alpha value is -3.18. The average Bonchev–Trinajstić information content (AvgIpc) is 2.83. The van der Waals surface area contributed by atoms with Crippen molar-refractivity contribution in [2.75, 3.05) is 4.90 Å². The van der Waals surface area contributed by atoms with Crippen LogP contribution in [-0.4, -0.2) is 28.9 Å². The molecule has 12 heteroatoms. The van der Waals surface area contributed by atoms with Crippen molar-refractivity contribution in [3.8, 4) is 5.75 Å². The number of barbiturate groups is 1. The third kappa shape index (κ3) is 5.88. The number of nitrogens with one attached hydrogen (secondary N) is 1. The minimum Gasteiger partial charge on any atom is -0.487 e. The number of halogens is 4. The van der Waals surface area contributed by atoms with E-state index in [1.165, 1.54) is 36.4 Å². The molecule has 8 nitrogen and oxygen atoms in total. The van der Waals surface area contributed by atoms with Crippen molar-refractivity contribution in [1.82, 2.24) is 5.32 Å². The van der Waals surface area contributed by atoms with Gasteiger partial charge in [-0.05, 0) is 91.5 Å². The van der Waals surface area contributed by atoms with E-state index in [-0.39, 0.29) is 33.5 Å². The third-order valence-electron chi connectivity index (χ3n) is 5.18. The first-order valence-corrected chi connectivity index (χ1v) is 12.7. The lowest BCUT2D eigenvalue weighted by Crippen LogP contribution is -2.54. The van der Waals surface area contributed by atoms with Gasteiger partial charge in [-0.15, -0.1) is 0 Å². The van der Waals surface area contributed by atoms with Crippen LogP contribution in [0.2, 0.25) is 10.0 Å². The maximum Gasteiger partial charge on any atom is 0.335 e. The van der Waals surface area contributed by atoms with Gasteiger partial charge in [0.15, 0.2) is 0 Å². The molecule has 0 atom stereocenters. The molecule has 1 fully saturated rings. The summed E-state index contributed by atoms with van der Waals surface area (Å²) in [5.41, 5.74) is 1.28. The van der Waals surface area contributed by atoms with Crippen molar-refractivity contribution in [3.05, 3.63) is 95.9 Å². The Morgan fingerprint density at radius 2 is 1.62 bits per heavy atom. The Morgan fingerprint density at radius 3 is 2.22 bits per heavy atom. The number of hydrogen-bond donors (Lipinski definition) is 2. The molecule has 1 heterocycles. The smallest absolute Gasteiger partial charge is 0.335 e. The van der Waals surface area contributed by atoms with Gasteiger partial charge in [-0.3, -0.25) is 14.9 Å². The summed E-state index contributed by atoms with van der Waals surface area (Å²) >= 11 is 18.8. The van der Waals surface area contributed by atoms with Gasteiger partial charge in [0.2, 0.25) is 0 Å². The molecular weight excluding hydrogens is 655 g/mol. The number of carbonyl (C=O) groups is 4. The predicted molar refractivity (Wildman–Crippen MR) is 145 cm³/mol. The van der Waals surface area contributed by atoms with Crippen LogP contribution in [0, 0.1) is 0 Å². The molecule has 0 saturated carbocycles. The zero-order valence-corrected chi connectivity index (χ0v) is 23.1. The molecule has 1 aliphatic rings. The minimum absolute atomic E-state index is 0.142. The standard InChI is InChI=1S/C25H14Br2Cl2N2O6/c26-17-8-13(9-18(27)21(17)37-11-12-1-3-14(4-2-12)24(34)35)7-16-22(32)30-25(36)31(23(16)33)15-5-6-19(28)20(29)10-15/h1-10H,11H2,(H,34,35)(H,30,32,36)/b16-7+. The third-order valence-corrected chi connectivity index (χ3v) is 7.10. The Morgan fingerprint density at radius 1 is 0.973 bits per heavy atom. The first-order valence-electron chi connectivity index (χ1n) is 10.4. The second-order valence-electron chi connectivity index (χ2n) is 7.66. The van der Waals surface area contributed by atoms with E-state index in [2.05, 4.69) is 37.2 Å². The van der Waals surface area contributed by atoms with Gasteiger partial charge in [0.1, 0.15) is 17.9 Å². The van der Waals surface area contributed by atoms with Crippen molar-refractivity contribution in [2.24, 2.45) is 0 Å². The second kappa shape index (κ2) is 11.1. The summed E-state index contributed by atoms with van der Waals surface area (Å²) in [7, 11) is 0. The summed E-state index contributed by atoms with van der Waals surface area (Å²) in [4.78, 5) is 49.8. The number of carboxylic acid groups (broad SMARTS) is 1. The number of hydrogen-bond acceptors (Lipinski definition) is 5. The van der Waals surface area contributed by atoms with Gasteiger partial charge in [0.25, 0.3) is 11.8 Å². The molecule has 1 saturated heterocycles. The first-order chi connectivity index (χ1) is 17.5. The molecule has 4 rings (SSSR count). The number of nitrogens with zero attached hydrogens (tertiary/aromatic N) is 1. The molecule has 0 bridgehead atoms. The van der Waals surface area contributed by atoms with E-state index in [0.29, 0.717) is 20.3 Å². The number of ether oxygens (including phenoxy) is 1. The fourth-order valence-electron chi connectivity index (χ4n) is 3.38. The number of imide groups is 2. The molecule has 2 N–H and O–H groups in total. The van der Waals surface area contributed by atoms with Gasteiger partial charge in [-0.2, -0.15) is 0 Å². The lowest BCUT2D eigenvalue weighted by molar-refractivity contribution is -0.122. The number of carboxylic acids is 1. The van der Waals surface area contributed by atoms with Gasteiger partial charge in [-0.1, -0.05) is 35.3 Å². The van der Waals surface area contributed by atoms with Gasteiger partial charge in [-0.25, -0.2) is 14.5 Å². The Balaban J connectivity index is 1.58. The molecular formula is C25H14Br2Cl2N2O6. The highest BCUT2D eigenvalue weighted by molar-refractivity contribution is 9.11. The van der Waals surface area contributed by atoms with Crippen molar-refractivity contribution in [3.63, 3.8) is 0 Å². The number of carbonyl (C=O) groups excluding carboxylic acids is 3. The summed E-state index contributed by atoms with van der Waals surface area (Å²) in [6, 6.07) is 12.9. The van der Waals surface area contributed by atoms with Crippen LogP contribution in [0.15, 0.2) is 69.1 Å². The molecule has 3 aromatic carbocycles. The number of anilines is 1. The van der Waals surface area contributed by atoms with Gasteiger partial charge in [0.05, 0.1) is 30.2 Å². The molecule has 0 aromatic heterocycles. The maximum atomic E-state index is 13.1. The zero-order chi connectivity index (χ0) is 26.9. The Kier molecular flexibility index (Phi) is 8.03. The van der Waals surface area contributed by atoms with Crippen molar-refractivity contribution >= 4 is 90.6 Å². The topological polar surface area (TPSA) is 113 Å². The summed E-state index contributed by atoms with van der Waals surface area (Å²) in [6.07, 6.45) is 1.35. The van der Waals surface area contributed by atoms with Crippen molar-refractivity contribution < 1.29 is 29.0 Å². The van der Waals surface area contributed by atoms with Gasteiger partial charge in [0, 0.05) is 0 Å². The van der Waals surface area contributed by atoms with E-state index < -0.39 is 23.8 Å². The molecule has 37 heavy (non-hydrogen) atoms. The van der Waals surface area contributed by atoms with Crippen molar-refractivity contribution in [2.45, 2.75) is 6.61 Å². The minimum atomic E-state index is -1.02. The monoisotopic (exact) mass is 666 g/mol. The summed E-state index contributed by atoms with van der Waals surface area (Å²) in [5, 5.41) is 11.6. The normalized spacial score (nSPS) is 14.6. The summed E-state index contributed by atoms with van der Waals surface area (Å²) in [6.45, 7) is 0.166. The van der Waals surface area contributed by atoms with E-state index in [1.54, 1.807) is 24.3 Å². The van der Waals surface area contributed by atoms with Crippen LogP contribution in [0.4, 0.5) is 10.5 Å². The van der Waals surface area contributed by atoms with Crippen LogP contribution in [0.1, 0.15) is 21.5 Å². The van der Waals surface area contributed by atoms with Crippen LogP contribution in [0.3, 0.4) is 0 Å². The molecule has 0 aliphatic carbocycles. The van der Waals surface area contributed by atoms with Crippen LogP contribution >= 0.6 is 55.1 Å². The number of rotatable bonds is 6. The molecule has 0 radical (unpaired) electrons. The SMILES string of the molecule is O=C1NC(=O)N(c2ccc(Cl)c(Cl)c2)C(=O)/C1=C/c1cc(Br)c(OCc2ccc(C(=O)O)cc2)c(Br)c1. The summed E-state index contributed by atoms with van der Waals surface area (Å²) in [5.74, 6) is -2.23. The van der Waals surface area contributed by atoms with E-state index >= 15 is 0 Å². The van der Waals surface area contributed by atoms with E-state index in [9.17, 15) is 19.2 Å². The Bertz CT molecular complexity index is 1470.